The van der Waals surface area contributed by atoms with E-state index in [4.69, 9.17) is 0 Å². The van der Waals surface area contributed by atoms with Gasteiger partial charge in [0.05, 0.1) is 23.2 Å². The lowest BCUT2D eigenvalue weighted by Crippen LogP contribution is -2.25. The third kappa shape index (κ3) is 5.20. The number of nitrogens with one attached hydrogen (secondary N) is 1. The number of anilines is 1. The van der Waals surface area contributed by atoms with Gasteiger partial charge in [-0.05, 0) is 53.8 Å². The molecule has 0 atom stereocenters. The molecule has 0 spiro atoms. The molecule has 3 aromatic carbocycles. The lowest BCUT2D eigenvalue weighted by Gasteiger charge is -2.17. The normalized spacial score (nSPS) is 11.2. The number of hydrogen-bond donors (Lipinski definition) is 1. The molecule has 0 aliphatic heterocycles. The third-order valence-electron chi connectivity index (χ3n) is 5.60. The molecule has 4 rings (SSSR count). The summed E-state index contributed by atoms with van der Waals surface area (Å²) in [5.41, 5.74) is 4.06. The van der Waals surface area contributed by atoms with Crippen molar-refractivity contribution in [3.05, 3.63) is 99.6 Å². The van der Waals surface area contributed by atoms with E-state index in [0.717, 1.165) is 22.4 Å². The predicted octanol–water partition coefficient (Wildman–Crippen LogP) is 5.75. The van der Waals surface area contributed by atoms with Gasteiger partial charge in [0.1, 0.15) is 5.82 Å². The van der Waals surface area contributed by atoms with Crippen LogP contribution in [0.25, 0.3) is 10.9 Å². The Morgan fingerprint density at radius 1 is 1.06 bits per heavy atom. The molecule has 1 heterocycles. The monoisotopic (exact) mass is 475 g/mol. The summed E-state index contributed by atoms with van der Waals surface area (Å²) in [7, 11) is 0. The van der Waals surface area contributed by atoms with E-state index in [-0.39, 0.29) is 35.5 Å². The molecule has 0 unspecified atom stereocenters. The van der Waals surface area contributed by atoms with E-state index in [1.807, 2.05) is 31.2 Å². The topological polar surface area (TPSA) is 64.0 Å². The number of para-hydroxylation sites is 2. The fraction of sp³-hybridized carbons (Fsp3) is 0.222. The van der Waals surface area contributed by atoms with E-state index < -0.39 is 0 Å². The second-order valence-corrected chi connectivity index (χ2v) is 9.40. The molecule has 1 N–H and O–H groups in total. The standard InChI is InChI=1S/C27H26FN3O2S/c1-17(2)21-9-6-7-18(3)25(21)30-24(32)16-34-27-29-23-10-5-4-8-22(23)26(33)31(27)15-19-11-13-20(28)14-12-19/h4-14,17H,15-16H2,1-3H3,(H,30,32). The summed E-state index contributed by atoms with van der Waals surface area (Å²) in [6, 6.07) is 19.1. The molecule has 7 heteroatoms. The van der Waals surface area contributed by atoms with Gasteiger partial charge in [-0.3, -0.25) is 14.2 Å². The van der Waals surface area contributed by atoms with Crippen LogP contribution in [0.3, 0.4) is 0 Å². The predicted molar refractivity (Wildman–Crippen MR) is 136 cm³/mol. The van der Waals surface area contributed by atoms with Crippen molar-refractivity contribution in [3.8, 4) is 0 Å². The first-order chi connectivity index (χ1) is 16.3. The zero-order chi connectivity index (χ0) is 24.2. The molecule has 0 radical (unpaired) electrons. The van der Waals surface area contributed by atoms with Crippen LogP contribution >= 0.6 is 11.8 Å². The lowest BCUT2D eigenvalue weighted by molar-refractivity contribution is -0.113. The molecule has 1 aromatic heterocycles. The van der Waals surface area contributed by atoms with Gasteiger partial charge in [0.25, 0.3) is 5.56 Å². The number of halogens is 1. The van der Waals surface area contributed by atoms with Gasteiger partial charge in [-0.25, -0.2) is 9.37 Å². The van der Waals surface area contributed by atoms with Crippen LogP contribution in [-0.4, -0.2) is 21.2 Å². The summed E-state index contributed by atoms with van der Waals surface area (Å²) in [4.78, 5) is 30.8. The molecule has 0 saturated carbocycles. The van der Waals surface area contributed by atoms with Crippen molar-refractivity contribution in [1.82, 2.24) is 9.55 Å². The number of aromatic nitrogens is 2. The minimum atomic E-state index is -0.337. The summed E-state index contributed by atoms with van der Waals surface area (Å²) >= 11 is 1.21. The van der Waals surface area contributed by atoms with Crippen molar-refractivity contribution in [2.45, 2.75) is 38.4 Å². The first-order valence-corrected chi connectivity index (χ1v) is 12.1. The summed E-state index contributed by atoms with van der Waals surface area (Å²) in [5, 5.41) is 3.98. The molecule has 5 nitrogen and oxygen atoms in total. The number of amides is 1. The van der Waals surface area contributed by atoms with Gasteiger partial charge in [-0.1, -0.05) is 68.1 Å². The van der Waals surface area contributed by atoms with Crippen LogP contribution in [0.4, 0.5) is 10.1 Å². The van der Waals surface area contributed by atoms with Crippen molar-refractivity contribution in [3.63, 3.8) is 0 Å². The highest BCUT2D eigenvalue weighted by Crippen LogP contribution is 2.28. The number of nitrogens with zero attached hydrogens (tertiary/aromatic N) is 2. The molecule has 0 bridgehead atoms. The molecule has 174 valence electrons. The Morgan fingerprint density at radius 2 is 1.79 bits per heavy atom. The van der Waals surface area contributed by atoms with E-state index in [1.165, 1.54) is 23.9 Å². The number of benzene rings is 3. The molecule has 0 fully saturated rings. The minimum absolute atomic E-state index is 0.0973. The maximum Gasteiger partial charge on any atom is 0.262 e. The van der Waals surface area contributed by atoms with Gasteiger partial charge >= 0.3 is 0 Å². The molecule has 0 aliphatic rings. The van der Waals surface area contributed by atoms with Crippen LogP contribution in [0, 0.1) is 12.7 Å². The average molecular weight is 476 g/mol. The highest BCUT2D eigenvalue weighted by atomic mass is 32.2. The van der Waals surface area contributed by atoms with Crippen LogP contribution in [-0.2, 0) is 11.3 Å². The average Bonchev–Trinajstić information content (AvgIpc) is 2.82. The van der Waals surface area contributed by atoms with Gasteiger partial charge < -0.3 is 5.32 Å². The molecule has 4 aromatic rings. The zero-order valence-electron chi connectivity index (χ0n) is 19.3. The number of aryl methyl sites for hydroxylation is 1. The van der Waals surface area contributed by atoms with E-state index in [2.05, 4.69) is 24.1 Å². The van der Waals surface area contributed by atoms with Crippen LogP contribution < -0.4 is 10.9 Å². The van der Waals surface area contributed by atoms with Crippen LogP contribution in [0.1, 0.15) is 36.5 Å². The quantitative estimate of drug-likeness (QED) is 0.273. The molecular weight excluding hydrogens is 449 g/mol. The maximum absolute atomic E-state index is 13.4. The Morgan fingerprint density at radius 3 is 2.53 bits per heavy atom. The number of thioether (sulfide) groups is 1. The van der Waals surface area contributed by atoms with E-state index in [9.17, 15) is 14.0 Å². The first-order valence-electron chi connectivity index (χ1n) is 11.1. The molecule has 1 amide bonds. The van der Waals surface area contributed by atoms with Crippen LogP contribution in [0.5, 0.6) is 0 Å². The number of carbonyl (C=O) groups excluding carboxylic acids is 1. The lowest BCUT2D eigenvalue weighted by atomic mass is 9.98. The Kier molecular flexibility index (Phi) is 7.12. The van der Waals surface area contributed by atoms with Crippen LogP contribution in [0.2, 0.25) is 0 Å². The zero-order valence-corrected chi connectivity index (χ0v) is 20.2. The maximum atomic E-state index is 13.4. The van der Waals surface area contributed by atoms with Gasteiger partial charge in [-0.15, -0.1) is 0 Å². The minimum Gasteiger partial charge on any atom is -0.325 e. The Labute approximate surface area is 202 Å². The smallest absolute Gasteiger partial charge is 0.262 e. The molecule has 0 saturated heterocycles. The Balaban J connectivity index is 1.62. The van der Waals surface area contributed by atoms with Crippen molar-refractivity contribution in [2.24, 2.45) is 0 Å². The second-order valence-electron chi connectivity index (χ2n) is 8.46. The first kappa shape index (κ1) is 23.7. The van der Waals surface area contributed by atoms with E-state index >= 15 is 0 Å². The van der Waals surface area contributed by atoms with Gasteiger partial charge in [0.15, 0.2) is 5.16 Å². The highest BCUT2D eigenvalue weighted by Gasteiger charge is 2.16. The van der Waals surface area contributed by atoms with Crippen LogP contribution in [0.15, 0.2) is 76.7 Å². The largest absolute Gasteiger partial charge is 0.325 e. The summed E-state index contributed by atoms with van der Waals surface area (Å²) in [6.07, 6.45) is 0. The fourth-order valence-corrected chi connectivity index (χ4v) is 4.62. The summed E-state index contributed by atoms with van der Waals surface area (Å²) in [6.45, 7) is 6.38. The Hall–Kier alpha value is -3.45. The molecular formula is C27H26FN3O2S. The Bertz CT molecular complexity index is 1400. The number of carbonyl (C=O) groups is 1. The number of hydrogen-bond acceptors (Lipinski definition) is 4. The fourth-order valence-electron chi connectivity index (χ4n) is 3.82. The van der Waals surface area contributed by atoms with Gasteiger partial charge in [-0.2, -0.15) is 0 Å². The summed E-state index contributed by atoms with van der Waals surface area (Å²) in [5.74, 6) is -0.140. The molecule has 0 aliphatic carbocycles. The van der Waals surface area contributed by atoms with Crippen molar-refractivity contribution < 1.29 is 9.18 Å². The second kappa shape index (κ2) is 10.2. The SMILES string of the molecule is Cc1cccc(C(C)C)c1NC(=O)CSc1nc2ccccc2c(=O)n1Cc1ccc(F)cc1. The third-order valence-corrected chi connectivity index (χ3v) is 6.58. The van der Waals surface area contributed by atoms with Gasteiger partial charge in [0, 0.05) is 5.69 Å². The van der Waals surface area contributed by atoms with Crippen molar-refractivity contribution >= 4 is 34.3 Å². The number of fused-ring (bicyclic) bond motifs is 1. The number of rotatable bonds is 7. The summed E-state index contributed by atoms with van der Waals surface area (Å²) < 4.78 is 14.9. The molecule has 34 heavy (non-hydrogen) atoms. The van der Waals surface area contributed by atoms with E-state index in [0.29, 0.717) is 16.1 Å². The highest BCUT2D eigenvalue weighted by molar-refractivity contribution is 7.99. The van der Waals surface area contributed by atoms with E-state index in [1.54, 1.807) is 34.9 Å². The van der Waals surface area contributed by atoms with Gasteiger partial charge in [0.2, 0.25) is 5.91 Å². The van der Waals surface area contributed by atoms with Crippen molar-refractivity contribution in [2.75, 3.05) is 11.1 Å². The van der Waals surface area contributed by atoms with Crippen molar-refractivity contribution in [1.29, 1.82) is 0 Å².